The van der Waals surface area contributed by atoms with Crippen LogP contribution in [0.4, 0.5) is 0 Å². The Morgan fingerprint density at radius 1 is 0.909 bits per heavy atom. The fourth-order valence-electron chi connectivity index (χ4n) is 0.389. The molecule has 1 nitrogen and oxygen atoms in total. The SMILES string of the molecule is COC(C)(C)C#CC(C)(C)C. The van der Waals surface area contributed by atoms with Crippen LogP contribution in [-0.2, 0) is 4.74 Å². The van der Waals surface area contributed by atoms with Crippen molar-refractivity contribution in [3.8, 4) is 11.8 Å². The summed E-state index contributed by atoms with van der Waals surface area (Å²) in [5, 5.41) is 0. The van der Waals surface area contributed by atoms with E-state index < -0.39 is 0 Å². The van der Waals surface area contributed by atoms with Crippen LogP contribution in [0, 0.1) is 17.3 Å². The average molecular weight is 154 g/mol. The molecule has 0 aromatic heterocycles. The lowest BCUT2D eigenvalue weighted by molar-refractivity contribution is 0.0738. The van der Waals surface area contributed by atoms with Crippen molar-refractivity contribution in [1.29, 1.82) is 0 Å². The van der Waals surface area contributed by atoms with Crippen LogP contribution >= 0.6 is 0 Å². The third kappa shape index (κ3) is 5.94. The highest BCUT2D eigenvalue weighted by Crippen LogP contribution is 2.12. The summed E-state index contributed by atoms with van der Waals surface area (Å²) in [6.07, 6.45) is 0. The third-order valence-corrected chi connectivity index (χ3v) is 1.25. The van der Waals surface area contributed by atoms with Gasteiger partial charge < -0.3 is 4.74 Å². The molecule has 0 unspecified atom stereocenters. The van der Waals surface area contributed by atoms with Gasteiger partial charge in [0.2, 0.25) is 0 Å². The quantitative estimate of drug-likeness (QED) is 0.527. The first-order chi connectivity index (χ1) is 4.77. The van der Waals surface area contributed by atoms with Gasteiger partial charge in [0.05, 0.1) is 0 Å². The normalized spacial score (nSPS) is 12.2. The molecule has 0 rings (SSSR count). The third-order valence-electron chi connectivity index (χ3n) is 1.25. The molecule has 0 saturated heterocycles. The maximum absolute atomic E-state index is 5.16. The maximum Gasteiger partial charge on any atom is 0.122 e. The van der Waals surface area contributed by atoms with E-state index in [-0.39, 0.29) is 11.0 Å². The minimum Gasteiger partial charge on any atom is -0.366 e. The highest BCUT2D eigenvalue weighted by Gasteiger charge is 2.12. The second-order valence-corrected chi connectivity index (χ2v) is 4.21. The van der Waals surface area contributed by atoms with Crippen molar-refractivity contribution in [2.24, 2.45) is 5.41 Å². The summed E-state index contributed by atoms with van der Waals surface area (Å²) < 4.78 is 5.16. The van der Waals surface area contributed by atoms with Gasteiger partial charge in [0.25, 0.3) is 0 Å². The summed E-state index contributed by atoms with van der Waals surface area (Å²) in [5.41, 5.74) is -0.247. The van der Waals surface area contributed by atoms with Gasteiger partial charge in [0.1, 0.15) is 5.60 Å². The van der Waals surface area contributed by atoms with Gasteiger partial charge in [-0.05, 0) is 34.6 Å². The molecule has 0 aliphatic rings. The Labute approximate surface area is 70.1 Å². The van der Waals surface area contributed by atoms with Crippen LogP contribution < -0.4 is 0 Å². The first-order valence-electron chi connectivity index (χ1n) is 3.86. The lowest BCUT2D eigenvalue weighted by atomic mass is 9.96. The molecule has 0 aromatic rings. The minimum absolute atomic E-state index is 0.0653. The van der Waals surface area contributed by atoms with Gasteiger partial charge in [-0.2, -0.15) is 0 Å². The maximum atomic E-state index is 5.16. The zero-order valence-corrected chi connectivity index (χ0v) is 8.41. The van der Waals surface area contributed by atoms with Gasteiger partial charge in [-0.1, -0.05) is 11.8 Å². The molecule has 0 radical (unpaired) electrons. The number of hydrogen-bond acceptors (Lipinski definition) is 1. The van der Waals surface area contributed by atoms with Crippen molar-refractivity contribution in [2.75, 3.05) is 7.11 Å². The summed E-state index contributed by atoms with van der Waals surface area (Å²) in [6.45, 7) is 10.2. The number of hydrogen-bond donors (Lipinski definition) is 0. The van der Waals surface area contributed by atoms with Crippen molar-refractivity contribution in [3.05, 3.63) is 0 Å². The molecular weight excluding hydrogens is 136 g/mol. The Morgan fingerprint density at radius 3 is 1.64 bits per heavy atom. The molecule has 0 spiro atoms. The lowest BCUT2D eigenvalue weighted by Gasteiger charge is -2.16. The molecule has 0 aromatic carbocycles. The first-order valence-corrected chi connectivity index (χ1v) is 3.86. The molecular formula is C10H18O. The van der Waals surface area contributed by atoms with Crippen LogP contribution in [0.2, 0.25) is 0 Å². The van der Waals surface area contributed by atoms with Crippen LogP contribution in [-0.4, -0.2) is 12.7 Å². The monoisotopic (exact) mass is 154 g/mol. The van der Waals surface area contributed by atoms with E-state index in [0.29, 0.717) is 0 Å². The van der Waals surface area contributed by atoms with E-state index in [1.54, 1.807) is 7.11 Å². The predicted octanol–water partition coefficient (Wildman–Crippen LogP) is 2.46. The van der Waals surface area contributed by atoms with Gasteiger partial charge in [0, 0.05) is 12.5 Å². The Hall–Kier alpha value is -0.480. The molecule has 0 amide bonds. The second-order valence-electron chi connectivity index (χ2n) is 4.21. The van der Waals surface area contributed by atoms with Crippen LogP contribution in [0.5, 0.6) is 0 Å². The smallest absolute Gasteiger partial charge is 0.122 e. The van der Waals surface area contributed by atoms with E-state index in [1.165, 1.54) is 0 Å². The van der Waals surface area contributed by atoms with Gasteiger partial charge in [-0.15, -0.1) is 0 Å². The molecule has 0 aliphatic carbocycles. The first kappa shape index (κ1) is 10.5. The van der Waals surface area contributed by atoms with Gasteiger partial charge in [0.15, 0.2) is 0 Å². The van der Waals surface area contributed by atoms with E-state index >= 15 is 0 Å². The molecule has 0 bridgehead atoms. The molecule has 0 aliphatic heterocycles. The van der Waals surface area contributed by atoms with Crippen molar-refractivity contribution in [2.45, 2.75) is 40.2 Å². The average Bonchev–Trinajstić information content (AvgIpc) is 1.83. The molecule has 1 heteroatoms. The van der Waals surface area contributed by atoms with E-state index in [9.17, 15) is 0 Å². The van der Waals surface area contributed by atoms with E-state index in [4.69, 9.17) is 4.74 Å². The zero-order chi connectivity index (χ0) is 9.12. The van der Waals surface area contributed by atoms with Crippen molar-refractivity contribution in [3.63, 3.8) is 0 Å². The van der Waals surface area contributed by atoms with Gasteiger partial charge in [-0.3, -0.25) is 0 Å². The van der Waals surface area contributed by atoms with Crippen molar-refractivity contribution < 1.29 is 4.74 Å². The Balaban J connectivity index is 4.29. The Bertz CT molecular complexity index is 173. The van der Waals surface area contributed by atoms with E-state index in [2.05, 4.69) is 32.6 Å². The molecule has 64 valence electrons. The highest BCUT2D eigenvalue weighted by atomic mass is 16.5. The molecule has 11 heavy (non-hydrogen) atoms. The molecule has 0 heterocycles. The summed E-state index contributed by atoms with van der Waals surface area (Å²) in [5.74, 6) is 6.21. The fourth-order valence-corrected chi connectivity index (χ4v) is 0.389. The molecule has 0 fully saturated rings. The van der Waals surface area contributed by atoms with Crippen molar-refractivity contribution >= 4 is 0 Å². The fraction of sp³-hybridized carbons (Fsp3) is 0.800. The van der Waals surface area contributed by atoms with Crippen LogP contribution in [0.15, 0.2) is 0 Å². The molecule has 0 saturated carbocycles. The van der Waals surface area contributed by atoms with Crippen LogP contribution in [0.25, 0.3) is 0 Å². The summed E-state index contributed by atoms with van der Waals surface area (Å²) >= 11 is 0. The largest absolute Gasteiger partial charge is 0.366 e. The topological polar surface area (TPSA) is 9.23 Å². The summed E-state index contributed by atoms with van der Waals surface area (Å²) in [7, 11) is 1.68. The van der Waals surface area contributed by atoms with Gasteiger partial charge >= 0.3 is 0 Å². The Morgan fingerprint density at radius 2 is 1.36 bits per heavy atom. The Kier molecular flexibility index (Phi) is 3.13. The lowest BCUT2D eigenvalue weighted by Crippen LogP contribution is -2.20. The van der Waals surface area contributed by atoms with Crippen LogP contribution in [0.3, 0.4) is 0 Å². The van der Waals surface area contributed by atoms with E-state index in [1.807, 2.05) is 13.8 Å². The second kappa shape index (κ2) is 3.28. The predicted molar refractivity (Wildman–Crippen MR) is 48.3 cm³/mol. The number of methoxy groups -OCH3 is 1. The number of ether oxygens (including phenoxy) is 1. The zero-order valence-electron chi connectivity index (χ0n) is 8.41. The van der Waals surface area contributed by atoms with Gasteiger partial charge in [-0.25, -0.2) is 0 Å². The number of rotatable bonds is 1. The van der Waals surface area contributed by atoms with Crippen LogP contribution in [0.1, 0.15) is 34.6 Å². The summed E-state index contributed by atoms with van der Waals surface area (Å²) in [4.78, 5) is 0. The molecule has 0 atom stereocenters. The molecule has 0 N–H and O–H groups in total. The summed E-state index contributed by atoms with van der Waals surface area (Å²) in [6, 6.07) is 0. The highest BCUT2D eigenvalue weighted by molar-refractivity contribution is 5.15. The minimum atomic E-state index is -0.312. The standard InChI is InChI=1S/C10H18O/c1-9(2,3)7-8-10(4,5)11-6/h1-6H3. The van der Waals surface area contributed by atoms with Crippen molar-refractivity contribution in [1.82, 2.24) is 0 Å². The van der Waals surface area contributed by atoms with E-state index in [0.717, 1.165) is 0 Å².